The molecule has 2 saturated heterocycles. The van der Waals surface area contributed by atoms with Crippen LogP contribution in [0.4, 0.5) is 0 Å². The van der Waals surface area contributed by atoms with Gasteiger partial charge in [0.05, 0.1) is 18.0 Å². The van der Waals surface area contributed by atoms with E-state index in [1.807, 2.05) is 26.0 Å². The smallest absolute Gasteiger partial charge is 0.341 e. The number of aromatic hydroxyl groups is 1. The molecule has 4 aliphatic rings. The number of rotatable bonds is 3. The molecule has 5 atom stereocenters. The number of carbonyl (C=O) groups is 1. The summed E-state index contributed by atoms with van der Waals surface area (Å²) in [6.45, 7) is 5.95. The predicted molar refractivity (Wildman–Crippen MR) is 141 cm³/mol. The molecule has 0 bridgehead atoms. The van der Waals surface area contributed by atoms with E-state index in [1.165, 1.54) is 6.07 Å². The summed E-state index contributed by atoms with van der Waals surface area (Å²) in [4.78, 5) is 26.5. The second-order valence-corrected chi connectivity index (χ2v) is 11.6. The summed E-state index contributed by atoms with van der Waals surface area (Å²) in [5.41, 5.74) is 4.96. The number of esters is 1. The molecule has 0 aliphatic carbocycles. The number of aliphatic hydroxyl groups excluding tert-OH is 1. The Labute approximate surface area is 225 Å². The molecule has 208 valence electrons. The molecular weight excluding hydrogens is 504 g/mol. The Morgan fingerprint density at radius 3 is 2.77 bits per heavy atom. The molecule has 10 nitrogen and oxygen atoms in total. The summed E-state index contributed by atoms with van der Waals surface area (Å²) < 4.78 is 24.1. The monoisotopic (exact) mass is 538 g/mol. The summed E-state index contributed by atoms with van der Waals surface area (Å²) in [6, 6.07) is 2.94. The lowest BCUT2D eigenvalue weighted by Crippen LogP contribution is -2.52. The van der Waals surface area contributed by atoms with Gasteiger partial charge in [0.15, 0.2) is 11.0 Å². The highest BCUT2D eigenvalue weighted by Gasteiger charge is 2.65. The van der Waals surface area contributed by atoms with Crippen molar-refractivity contribution in [2.45, 2.75) is 88.3 Å². The van der Waals surface area contributed by atoms with E-state index in [2.05, 4.69) is 5.32 Å². The van der Waals surface area contributed by atoms with Crippen LogP contribution in [-0.4, -0.2) is 52.2 Å². The summed E-state index contributed by atoms with van der Waals surface area (Å²) in [7, 11) is 0. The maximum absolute atomic E-state index is 13.7. The van der Waals surface area contributed by atoms with Gasteiger partial charge in [0, 0.05) is 36.6 Å². The van der Waals surface area contributed by atoms with Crippen molar-refractivity contribution in [1.82, 2.24) is 5.32 Å². The van der Waals surface area contributed by atoms with E-state index in [4.69, 9.17) is 24.4 Å². The molecular formula is C29H34N2O8. The van der Waals surface area contributed by atoms with Crippen molar-refractivity contribution in [2.24, 2.45) is 5.73 Å². The molecule has 4 aliphatic heterocycles. The van der Waals surface area contributed by atoms with Crippen LogP contribution >= 0.6 is 0 Å². The SMILES string of the molecule is Cc1cc(=O)c2c(O)c3c(cc2o1)OC(C)(C)[C@@H]1OC(=O)[C@@]2(C[C@H](O)CC[C@@H]31)O[C@@H]2CCC1=CCNC(N)=C1. The number of epoxide rings is 1. The molecule has 0 unspecified atom stereocenters. The van der Waals surface area contributed by atoms with Gasteiger partial charge < -0.3 is 39.9 Å². The van der Waals surface area contributed by atoms with Crippen molar-refractivity contribution in [3.05, 3.63) is 57.2 Å². The van der Waals surface area contributed by atoms with Crippen molar-refractivity contribution in [3.63, 3.8) is 0 Å². The van der Waals surface area contributed by atoms with Crippen LogP contribution < -0.4 is 21.2 Å². The first-order valence-electron chi connectivity index (χ1n) is 13.4. The lowest BCUT2D eigenvalue weighted by Gasteiger charge is -2.44. The quantitative estimate of drug-likeness (QED) is 0.338. The van der Waals surface area contributed by atoms with E-state index in [-0.39, 0.29) is 28.6 Å². The summed E-state index contributed by atoms with van der Waals surface area (Å²) in [5, 5.41) is 25.4. The van der Waals surface area contributed by atoms with Crippen molar-refractivity contribution in [1.29, 1.82) is 0 Å². The average Bonchev–Trinajstić information content (AvgIpc) is 3.54. The number of phenols is 1. The Hall–Kier alpha value is -3.50. The number of hydrogen-bond donors (Lipinski definition) is 4. The molecule has 0 amide bonds. The Bertz CT molecular complexity index is 1470. The lowest BCUT2D eigenvalue weighted by atomic mass is 9.77. The summed E-state index contributed by atoms with van der Waals surface area (Å²) in [6.07, 6.45) is 4.04. The number of nitrogens with two attached hydrogens (primary N) is 1. The molecule has 1 spiro atoms. The van der Waals surface area contributed by atoms with E-state index in [0.29, 0.717) is 55.1 Å². The molecule has 10 heteroatoms. The number of aliphatic hydroxyl groups is 1. The number of hydrogen-bond acceptors (Lipinski definition) is 10. The molecule has 0 radical (unpaired) electrons. The van der Waals surface area contributed by atoms with Gasteiger partial charge in [-0.3, -0.25) is 4.79 Å². The number of allylic oxidation sites excluding steroid dienone is 2. The van der Waals surface area contributed by atoms with E-state index >= 15 is 0 Å². The van der Waals surface area contributed by atoms with Gasteiger partial charge in [-0.05, 0) is 58.1 Å². The number of ether oxygens (including phenoxy) is 3. The molecule has 0 saturated carbocycles. The molecule has 1 aromatic heterocycles. The number of carbonyl (C=O) groups excluding carboxylic acids is 1. The van der Waals surface area contributed by atoms with Crippen molar-refractivity contribution in [3.8, 4) is 11.5 Å². The first-order valence-corrected chi connectivity index (χ1v) is 13.4. The van der Waals surface area contributed by atoms with Gasteiger partial charge in [-0.25, -0.2) is 4.79 Å². The molecule has 6 rings (SSSR count). The molecule has 5 N–H and O–H groups in total. The van der Waals surface area contributed by atoms with Crippen LogP contribution in [0.1, 0.15) is 63.2 Å². The zero-order valence-electron chi connectivity index (χ0n) is 22.3. The minimum Gasteiger partial charge on any atom is -0.507 e. The van der Waals surface area contributed by atoms with Gasteiger partial charge >= 0.3 is 5.97 Å². The molecule has 5 heterocycles. The van der Waals surface area contributed by atoms with E-state index in [0.717, 1.165) is 5.57 Å². The highest BCUT2D eigenvalue weighted by atomic mass is 16.7. The molecule has 39 heavy (non-hydrogen) atoms. The maximum atomic E-state index is 13.7. The molecule has 2 aromatic rings. The van der Waals surface area contributed by atoms with Gasteiger partial charge in [0.1, 0.15) is 39.9 Å². The zero-order chi connectivity index (χ0) is 27.7. The van der Waals surface area contributed by atoms with Crippen LogP contribution in [0.15, 0.2) is 44.9 Å². The number of nitrogens with one attached hydrogen (secondary N) is 1. The van der Waals surface area contributed by atoms with Crippen LogP contribution in [0.2, 0.25) is 0 Å². The topological polar surface area (TPSA) is 157 Å². The first-order chi connectivity index (χ1) is 18.5. The lowest BCUT2D eigenvalue weighted by molar-refractivity contribution is -0.171. The highest BCUT2D eigenvalue weighted by Crippen LogP contribution is 2.53. The van der Waals surface area contributed by atoms with Crippen LogP contribution in [0.25, 0.3) is 11.0 Å². The normalized spacial score (nSPS) is 31.3. The second kappa shape index (κ2) is 9.02. The number of dihydropyridines is 1. The fourth-order valence-electron chi connectivity index (χ4n) is 6.43. The Balaban J connectivity index is 1.32. The number of aryl methyl sites for hydroxylation is 1. The van der Waals surface area contributed by atoms with Crippen molar-refractivity contribution < 1.29 is 33.6 Å². The number of phenolic OH excluding ortho intramolecular Hbond substituents is 1. The van der Waals surface area contributed by atoms with Gasteiger partial charge in [-0.2, -0.15) is 0 Å². The van der Waals surface area contributed by atoms with E-state index in [9.17, 15) is 19.8 Å². The fourth-order valence-corrected chi connectivity index (χ4v) is 6.43. The van der Waals surface area contributed by atoms with E-state index in [1.54, 1.807) is 13.0 Å². The largest absolute Gasteiger partial charge is 0.507 e. The van der Waals surface area contributed by atoms with Crippen LogP contribution in [0.5, 0.6) is 11.5 Å². The molecule has 1 aromatic carbocycles. The maximum Gasteiger partial charge on any atom is 0.341 e. The third kappa shape index (κ3) is 4.35. The standard InChI is InChI=1S/C29H34N2O8/c1-14-10-18(33)24-19(36-14)12-20-23(25(24)34)17-6-5-16(32)13-29(27(35)37-26(17)28(2,3)38-20)21(39-29)7-4-15-8-9-31-22(30)11-15/h8,10-12,16-17,21,26,31-32,34H,4-7,9,13,30H2,1-3H3/t16-,17+,21-,26-,29+/m1/s1. The van der Waals surface area contributed by atoms with Crippen LogP contribution in [0, 0.1) is 6.92 Å². The molecule has 2 fully saturated rings. The van der Waals surface area contributed by atoms with Crippen molar-refractivity contribution >= 4 is 16.9 Å². The zero-order valence-corrected chi connectivity index (χ0v) is 22.3. The highest BCUT2D eigenvalue weighted by molar-refractivity contribution is 5.88. The van der Waals surface area contributed by atoms with Crippen LogP contribution in [-0.2, 0) is 14.3 Å². The van der Waals surface area contributed by atoms with E-state index < -0.39 is 41.4 Å². The predicted octanol–water partition coefficient (Wildman–Crippen LogP) is 2.77. The number of fused-ring (bicyclic) bond motifs is 4. The third-order valence-electron chi connectivity index (χ3n) is 8.36. The Morgan fingerprint density at radius 1 is 1.21 bits per heavy atom. The minimum absolute atomic E-state index is 0.0529. The van der Waals surface area contributed by atoms with Crippen LogP contribution in [0.3, 0.4) is 0 Å². The van der Waals surface area contributed by atoms with Gasteiger partial charge in [-0.15, -0.1) is 0 Å². The van der Waals surface area contributed by atoms with Crippen molar-refractivity contribution in [2.75, 3.05) is 6.54 Å². The summed E-state index contributed by atoms with van der Waals surface area (Å²) in [5.74, 6) is 0.0682. The minimum atomic E-state index is -1.24. The first kappa shape index (κ1) is 25.8. The van der Waals surface area contributed by atoms with Gasteiger partial charge in [-0.1, -0.05) is 6.08 Å². The Kier molecular flexibility index (Phi) is 5.96. The summed E-state index contributed by atoms with van der Waals surface area (Å²) >= 11 is 0. The third-order valence-corrected chi connectivity index (χ3v) is 8.36. The van der Waals surface area contributed by atoms with Gasteiger partial charge in [0.25, 0.3) is 0 Å². The number of benzene rings is 1. The fraction of sp³-hybridized carbons (Fsp3) is 0.517. The van der Waals surface area contributed by atoms with Gasteiger partial charge in [0.2, 0.25) is 0 Å². The average molecular weight is 539 g/mol. The Morgan fingerprint density at radius 2 is 2.00 bits per heavy atom. The second-order valence-electron chi connectivity index (χ2n) is 11.6.